The van der Waals surface area contributed by atoms with Crippen molar-refractivity contribution in [3.05, 3.63) is 64.9 Å². The van der Waals surface area contributed by atoms with Crippen molar-refractivity contribution in [3.63, 3.8) is 0 Å². The van der Waals surface area contributed by atoms with E-state index in [1.807, 2.05) is 0 Å². The highest BCUT2D eigenvalue weighted by Crippen LogP contribution is 2.22. The predicted molar refractivity (Wildman–Crippen MR) is 78.3 cm³/mol. The second kappa shape index (κ2) is 7.09. The largest absolute Gasteiger partial charge is 0.494 e. The summed E-state index contributed by atoms with van der Waals surface area (Å²) in [6, 6.07) is 12.4. The van der Waals surface area contributed by atoms with Gasteiger partial charge < -0.3 is 9.84 Å². The first-order chi connectivity index (χ1) is 10.1. The summed E-state index contributed by atoms with van der Waals surface area (Å²) in [6.07, 6.45) is 0.251. The van der Waals surface area contributed by atoms with Crippen LogP contribution in [0.2, 0.25) is 5.02 Å². The van der Waals surface area contributed by atoms with Crippen LogP contribution in [0, 0.1) is 5.82 Å². The van der Waals surface area contributed by atoms with Gasteiger partial charge in [0.15, 0.2) is 0 Å². The quantitative estimate of drug-likeness (QED) is 0.873. The Morgan fingerprint density at radius 1 is 1.24 bits per heavy atom. The number of hydrogen-bond donors (Lipinski definition) is 1. The average molecular weight is 309 g/mol. The number of ether oxygens (including phenoxy) is 1. The summed E-state index contributed by atoms with van der Waals surface area (Å²) in [5.74, 6) is -1.63. The van der Waals surface area contributed by atoms with Crippen molar-refractivity contribution >= 4 is 17.6 Å². The second-order valence-electron chi connectivity index (χ2n) is 4.54. The van der Waals surface area contributed by atoms with Gasteiger partial charge in [0.05, 0.1) is 12.5 Å². The minimum absolute atomic E-state index is 0.217. The van der Waals surface area contributed by atoms with Gasteiger partial charge in [-0.25, -0.2) is 4.39 Å². The van der Waals surface area contributed by atoms with Crippen LogP contribution in [0.25, 0.3) is 0 Å². The van der Waals surface area contributed by atoms with Gasteiger partial charge in [-0.05, 0) is 48.4 Å². The van der Waals surface area contributed by atoms with Crippen LogP contribution in [-0.2, 0) is 4.79 Å². The molecule has 1 unspecified atom stereocenters. The van der Waals surface area contributed by atoms with Crippen LogP contribution in [-0.4, -0.2) is 17.7 Å². The highest BCUT2D eigenvalue weighted by atomic mass is 35.5. The molecule has 0 aliphatic heterocycles. The molecule has 2 aromatic carbocycles. The molecule has 0 heterocycles. The maximum atomic E-state index is 13.2. The van der Waals surface area contributed by atoms with Gasteiger partial charge in [-0.3, -0.25) is 4.79 Å². The normalized spacial score (nSPS) is 11.9. The molecule has 2 rings (SSSR count). The van der Waals surface area contributed by atoms with Crippen LogP contribution in [0.1, 0.15) is 17.9 Å². The molecule has 0 fully saturated rings. The van der Waals surface area contributed by atoms with Crippen molar-refractivity contribution in [3.8, 4) is 5.75 Å². The maximum Gasteiger partial charge on any atom is 0.311 e. The minimum atomic E-state index is -1.000. The van der Waals surface area contributed by atoms with Crippen LogP contribution in [0.4, 0.5) is 4.39 Å². The molecule has 0 saturated heterocycles. The first kappa shape index (κ1) is 15.3. The molecule has 1 atom stereocenters. The number of hydrogen-bond acceptors (Lipinski definition) is 2. The van der Waals surface area contributed by atoms with Gasteiger partial charge in [-0.15, -0.1) is 0 Å². The molecule has 110 valence electrons. The first-order valence-electron chi connectivity index (χ1n) is 6.43. The molecule has 1 N–H and O–H groups in total. The predicted octanol–water partition coefficient (Wildman–Crippen LogP) is 4.12. The van der Waals surface area contributed by atoms with Crippen molar-refractivity contribution in [1.82, 2.24) is 0 Å². The van der Waals surface area contributed by atoms with Crippen molar-refractivity contribution in [2.45, 2.75) is 12.3 Å². The van der Waals surface area contributed by atoms with E-state index in [1.54, 1.807) is 30.3 Å². The van der Waals surface area contributed by atoms with Crippen molar-refractivity contribution in [1.29, 1.82) is 0 Å². The molecule has 0 saturated carbocycles. The van der Waals surface area contributed by atoms with E-state index in [2.05, 4.69) is 0 Å². The zero-order valence-electron chi connectivity index (χ0n) is 11.1. The van der Waals surface area contributed by atoms with Gasteiger partial charge in [0.2, 0.25) is 0 Å². The van der Waals surface area contributed by atoms with Gasteiger partial charge in [0, 0.05) is 5.02 Å². The molecular formula is C16H14ClFO3. The van der Waals surface area contributed by atoms with E-state index in [0.717, 1.165) is 0 Å². The second-order valence-corrected chi connectivity index (χ2v) is 4.97. The van der Waals surface area contributed by atoms with Crippen molar-refractivity contribution in [2.24, 2.45) is 0 Å². The lowest BCUT2D eigenvalue weighted by molar-refractivity contribution is -0.139. The van der Waals surface area contributed by atoms with Crippen LogP contribution in [0.15, 0.2) is 48.5 Å². The highest BCUT2D eigenvalue weighted by Gasteiger charge is 2.20. The van der Waals surface area contributed by atoms with Crippen molar-refractivity contribution in [2.75, 3.05) is 6.61 Å². The smallest absolute Gasteiger partial charge is 0.311 e. The third-order valence-electron chi connectivity index (χ3n) is 3.04. The number of aliphatic carboxylic acids is 1. The molecule has 0 bridgehead atoms. The van der Waals surface area contributed by atoms with E-state index in [4.69, 9.17) is 16.3 Å². The Morgan fingerprint density at radius 2 is 1.95 bits per heavy atom. The lowest BCUT2D eigenvalue weighted by atomic mass is 9.96. The number of halogens is 2. The van der Waals surface area contributed by atoms with Gasteiger partial charge in [-0.1, -0.05) is 23.7 Å². The summed E-state index contributed by atoms with van der Waals surface area (Å²) >= 11 is 5.76. The lowest BCUT2D eigenvalue weighted by Gasteiger charge is -2.13. The summed E-state index contributed by atoms with van der Waals surface area (Å²) in [5.41, 5.74) is 0.433. The Bertz CT molecular complexity index is 613. The zero-order chi connectivity index (χ0) is 15.2. The molecule has 0 radical (unpaired) electrons. The van der Waals surface area contributed by atoms with Gasteiger partial charge in [0.25, 0.3) is 0 Å². The van der Waals surface area contributed by atoms with E-state index >= 15 is 0 Å². The zero-order valence-corrected chi connectivity index (χ0v) is 11.9. The molecule has 2 aromatic rings. The van der Waals surface area contributed by atoms with Gasteiger partial charge in [-0.2, -0.15) is 0 Å². The van der Waals surface area contributed by atoms with Crippen LogP contribution in [0.3, 0.4) is 0 Å². The summed E-state index contributed by atoms with van der Waals surface area (Å²) in [5, 5.41) is 9.86. The summed E-state index contributed by atoms with van der Waals surface area (Å²) < 4.78 is 18.7. The Morgan fingerprint density at radius 3 is 2.57 bits per heavy atom. The number of carboxylic acids is 1. The third-order valence-corrected chi connectivity index (χ3v) is 3.29. The summed E-state index contributed by atoms with van der Waals surface area (Å²) in [6.45, 7) is 0.217. The molecule has 0 aromatic heterocycles. The van der Waals surface area contributed by atoms with E-state index in [9.17, 15) is 14.3 Å². The number of carbonyl (C=O) groups is 1. The molecule has 0 amide bonds. The Hall–Kier alpha value is -2.07. The maximum absolute atomic E-state index is 13.2. The van der Waals surface area contributed by atoms with Crippen molar-refractivity contribution < 1.29 is 19.0 Å². The van der Waals surface area contributed by atoms with E-state index in [-0.39, 0.29) is 13.0 Å². The van der Waals surface area contributed by atoms with E-state index in [0.29, 0.717) is 16.3 Å². The molecule has 3 nitrogen and oxygen atoms in total. The number of benzene rings is 2. The standard InChI is InChI=1S/C16H14ClFO3/c17-12-4-6-14(7-5-12)21-9-8-15(16(19)20)11-2-1-3-13(18)10-11/h1-7,10,15H,8-9H2,(H,19,20). The van der Waals surface area contributed by atoms with Gasteiger partial charge in [0.1, 0.15) is 11.6 Å². The number of carboxylic acid groups (broad SMARTS) is 1. The fourth-order valence-corrected chi connectivity index (χ4v) is 2.11. The lowest BCUT2D eigenvalue weighted by Crippen LogP contribution is -2.15. The highest BCUT2D eigenvalue weighted by molar-refractivity contribution is 6.30. The summed E-state index contributed by atoms with van der Waals surface area (Å²) in [4.78, 5) is 11.3. The third kappa shape index (κ3) is 4.46. The van der Waals surface area contributed by atoms with Gasteiger partial charge >= 0.3 is 5.97 Å². The monoisotopic (exact) mass is 308 g/mol. The first-order valence-corrected chi connectivity index (χ1v) is 6.80. The van der Waals surface area contributed by atoms with Crippen LogP contribution < -0.4 is 4.74 Å². The molecule has 21 heavy (non-hydrogen) atoms. The van der Waals surface area contributed by atoms with E-state index < -0.39 is 17.7 Å². The fourth-order valence-electron chi connectivity index (χ4n) is 1.98. The van der Waals surface area contributed by atoms with Crippen LogP contribution >= 0.6 is 11.6 Å². The Kier molecular flexibility index (Phi) is 5.17. The Labute approximate surface area is 126 Å². The molecule has 0 spiro atoms. The molecule has 5 heteroatoms. The van der Waals surface area contributed by atoms with E-state index in [1.165, 1.54) is 18.2 Å². The topological polar surface area (TPSA) is 46.5 Å². The fraction of sp³-hybridized carbons (Fsp3) is 0.188. The summed E-state index contributed by atoms with van der Waals surface area (Å²) in [7, 11) is 0. The SMILES string of the molecule is O=C(O)C(CCOc1ccc(Cl)cc1)c1cccc(F)c1. The number of rotatable bonds is 6. The molecular weight excluding hydrogens is 295 g/mol. The van der Waals surface area contributed by atoms with Crippen LogP contribution in [0.5, 0.6) is 5.75 Å². The Balaban J connectivity index is 1.98. The molecule has 0 aliphatic rings. The molecule has 0 aliphatic carbocycles. The average Bonchev–Trinajstić information content (AvgIpc) is 2.45. The minimum Gasteiger partial charge on any atom is -0.494 e.